The van der Waals surface area contributed by atoms with Gasteiger partial charge in [0.2, 0.25) is 12.2 Å². The summed E-state index contributed by atoms with van der Waals surface area (Å²) in [6, 6.07) is 17.9. The molecule has 32 heavy (non-hydrogen) atoms. The Kier molecular flexibility index (Phi) is 9.20. The molecule has 2 heterocycles. The minimum atomic E-state index is -2.63. The second-order valence-corrected chi connectivity index (χ2v) is 7.99. The van der Waals surface area contributed by atoms with Gasteiger partial charge in [0, 0.05) is 12.8 Å². The summed E-state index contributed by atoms with van der Waals surface area (Å²) in [6.45, 7) is 0.528. The van der Waals surface area contributed by atoms with Crippen molar-refractivity contribution < 1.29 is 69.6 Å². The van der Waals surface area contributed by atoms with E-state index >= 15 is 0 Å². The molecule has 0 radical (unpaired) electrons. The molecule has 3 aromatic rings. The van der Waals surface area contributed by atoms with Gasteiger partial charge in [-0.3, -0.25) is 9.00 Å². The van der Waals surface area contributed by atoms with Gasteiger partial charge >= 0.3 is 57.1 Å². The van der Waals surface area contributed by atoms with Crippen LogP contribution < -0.4 is 67.4 Å². The van der Waals surface area contributed by atoms with Crippen LogP contribution in [0.25, 0.3) is 5.69 Å². The molecule has 2 aromatic carbocycles. The van der Waals surface area contributed by atoms with E-state index in [-0.39, 0.29) is 69.2 Å². The average Bonchev–Trinajstić information content (AvgIpc) is 3.28. The number of nitrogens with zero attached hydrogens (tertiary/aromatic N) is 2. The summed E-state index contributed by atoms with van der Waals surface area (Å²) in [5, 5.41) is 0. The first kappa shape index (κ1) is 25.3. The number of hydrogen-bond acceptors (Lipinski definition) is 6. The Labute approximate surface area is 229 Å². The van der Waals surface area contributed by atoms with Crippen LogP contribution >= 0.6 is 0 Å². The van der Waals surface area contributed by atoms with E-state index in [1.807, 2.05) is 30.3 Å². The van der Waals surface area contributed by atoms with Crippen LogP contribution in [0.1, 0.15) is 24.0 Å². The molecule has 162 valence electrons. The Bertz CT molecular complexity index is 1190. The minimum absolute atomic E-state index is 0. The van der Waals surface area contributed by atoms with Gasteiger partial charge in [-0.05, 0) is 35.2 Å². The third-order valence-corrected chi connectivity index (χ3v) is 5.46. The quantitative estimate of drug-likeness (QED) is 0.316. The molecule has 4 rings (SSSR count). The normalized spacial score (nSPS) is 16.3. The van der Waals surface area contributed by atoms with E-state index in [0.29, 0.717) is 18.7 Å². The standard InChI is InChI=1S/C22H22N2O6S.K/c25-20-18(14-16-8-3-1-4-9-16)21(30-19-12-7-13-29-19)24(17-10-5-2-6-11-17)22(26)23(20)15-31(27)28;/h1-6,8-11,19H,7,12-15H2,(H,27,28);/q;+1/p-1. The summed E-state index contributed by atoms with van der Waals surface area (Å²) >= 11 is -2.63. The molecular formula is C22H21KN2O6S. The van der Waals surface area contributed by atoms with Gasteiger partial charge < -0.3 is 14.0 Å². The van der Waals surface area contributed by atoms with Crippen LogP contribution in [0, 0.1) is 0 Å². The maximum atomic E-state index is 13.3. The van der Waals surface area contributed by atoms with Crippen LogP contribution in [0.4, 0.5) is 0 Å². The Morgan fingerprint density at radius 3 is 2.31 bits per heavy atom. The Hall–Kier alpha value is -1.37. The van der Waals surface area contributed by atoms with E-state index in [1.165, 1.54) is 4.57 Å². The average molecular weight is 481 g/mol. The van der Waals surface area contributed by atoms with Crippen LogP contribution in [0.15, 0.2) is 70.3 Å². The van der Waals surface area contributed by atoms with Gasteiger partial charge in [-0.25, -0.2) is 13.9 Å². The molecule has 0 bridgehead atoms. The third-order valence-electron chi connectivity index (χ3n) is 4.99. The molecule has 0 amide bonds. The Balaban J connectivity index is 0.00000289. The summed E-state index contributed by atoms with van der Waals surface area (Å²) in [5.74, 6) is -0.670. The van der Waals surface area contributed by atoms with E-state index in [4.69, 9.17) is 9.47 Å². The van der Waals surface area contributed by atoms with Crippen LogP contribution in [0.3, 0.4) is 0 Å². The molecule has 1 aliphatic heterocycles. The molecule has 0 N–H and O–H groups in total. The molecule has 0 saturated carbocycles. The third kappa shape index (κ3) is 5.75. The van der Waals surface area contributed by atoms with Gasteiger partial charge in [0.1, 0.15) is 0 Å². The zero-order valence-corrected chi connectivity index (χ0v) is 21.6. The largest absolute Gasteiger partial charge is 1.00 e. The number of hydrogen-bond donors (Lipinski definition) is 0. The molecule has 1 fully saturated rings. The van der Waals surface area contributed by atoms with Crippen molar-refractivity contribution in [3.05, 3.63) is 92.6 Å². The number of rotatable bonds is 7. The van der Waals surface area contributed by atoms with E-state index < -0.39 is 34.5 Å². The summed E-state index contributed by atoms with van der Waals surface area (Å²) in [5.41, 5.74) is -0.0101. The van der Waals surface area contributed by atoms with E-state index in [1.54, 1.807) is 30.3 Å². The van der Waals surface area contributed by atoms with E-state index in [9.17, 15) is 18.4 Å². The van der Waals surface area contributed by atoms with E-state index in [2.05, 4.69) is 0 Å². The molecule has 1 saturated heterocycles. The zero-order valence-electron chi connectivity index (χ0n) is 17.6. The van der Waals surface area contributed by atoms with Crippen LogP contribution in [0.5, 0.6) is 5.88 Å². The zero-order chi connectivity index (χ0) is 21.8. The van der Waals surface area contributed by atoms with Crippen LogP contribution in [-0.4, -0.2) is 30.8 Å². The second kappa shape index (κ2) is 11.7. The molecule has 8 nitrogen and oxygen atoms in total. The van der Waals surface area contributed by atoms with Gasteiger partial charge in [-0.2, -0.15) is 0 Å². The minimum Gasteiger partial charge on any atom is -0.771 e. The fourth-order valence-electron chi connectivity index (χ4n) is 3.55. The predicted molar refractivity (Wildman–Crippen MR) is 114 cm³/mol. The first-order chi connectivity index (χ1) is 15.0. The SMILES string of the molecule is O=c1c(Cc2ccccc2)c(OC2CCCO2)n(-c2ccccc2)c(=O)n1CS(=O)[O-].[K+]. The molecular weight excluding hydrogens is 459 g/mol. The fraction of sp³-hybridized carbons (Fsp3) is 0.273. The van der Waals surface area contributed by atoms with Crippen molar-refractivity contribution in [2.45, 2.75) is 31.4 Å². The molecule has 1 aromatic heterocycles. The number of aromatic nitrogens is 2. The molecule has 10 heteroatoms. The fourth-order valence-corrected chi connectivity index (χ4v) is 3.99. The molecule has 2 unspecified atom stereocenters. The van der Waals surface area contributed by atoms with E-state index in [0.717, 1.165) is 16.6 Å². The van der Waals surface area contributed by atoms with Crippen molar-refractivity contribution in [2.24, 2.45) is 0 Å². The smallest absolute Gasteiger partial charge is 0.771 e. The van der Waals surface area contributed by atoms with Crippen molar-refractivity contribution in [2.75, 3.05) is 6.61 Å². The van der Waals surface area contributed by atoms with Crippen molar-refractivity contribution in [1.29, 1.82) is 0 Å². The van der Waals surface area contributed by atoms with Crippen LogP contribution in [0.2, 0.25) is 0 Å². The van der Waals surface area contributed by atoms with Crippen molar-refractivity contribution in [3.8, 4) is 11.6 Å². The molecule has 2 atom stereocenters. The van der Waals surface area contributed by atoms with Gasteiger partial charge in [-0.1, -0.05) is 48.5 Å². The molecule has 1 aliphatic rings. The summed E-state index contributed by atoms with van der Waals surface area (Å²) in [4.78, 5) is 26.5. The van der Waals surface area contributed by atoms with Crippen LogP contribution in [-0.2, 0) is 28.1 Å². The van der Waals surface area contributed by atoms with Crippen molar-refractivity contribution >= 4 is 11.1 Å². The maximum absolute atomic E-state index is 13.3. The summed E-state index contributed by atoms with van der Waals surface area (Å²) in [7, 11) is 0. The topological polar surface area (TPSA) is 103 Å². The second-order valence-electron chi connectivity index (χ2n) is 7.13. The van der Waals surface area contributed by atoms with Gasteiger partial charge in [-0.15, -0.1) is 0 Å². The van der Waals surface area contributed by atoms with Crippen molar-refractivity contribution in [3.63, 3.8) is 0 Å². The number of ether oxygens (including phenoxy) is 2. The molecule has 0 spiro atoms. The Morgan fingerprint density at radius 1 is 1.06 bits per heavy atom. The number of para-hydroxylation sites is 1. The van der Waals surface area contributed by atoms with Gasteiger partial charge in [0.15, 0.2) is 0 Å². The first-order valence-corrected chi connectivity index (χ1v) is 11.1. The summed E-state index contributed by atoms with van der Waals surface area (Å²) in [6.07, 6.45) is 1.01. The first-order valence-electron chi connectivity index (χ1n) is 9.87. The van der Waals surface area contributed by atoms with Gasteiger partial charge in [0.05, 0.1) is 23.7 Å². The predicted octanol–water partition coefficient (Wildman–Crippen LogP) is -1.05. The maximum Gasteiger partial charge on any atom is 1.00 e. The van der Waals surface area contributed by atoms with Crippen molar-refractivity contribution in [1.82, 2.24) is 9.13 Å². The Morgan fingerprint density at radius 2 is 1.72 bits per heavy atom. The van der Waals surface area contributed by atoms with Gasteiger partial charge in [0.25, 0.3) is 5.56 Å². The number of benzene rings is 2. The molecule has 0 aliphatic carbocycles. The monoisotopic (exact) mass is 480 g/mol. The summed E-state index contributed by atoms with van der Waals surface area (Å²) < 4.78 is 36.4.